The van der Waals surface area contributed by atoms with Crippen molar-refractivity contribution in [2.75, 3.05) is 16.8 Å². The highest BCUT2D eigenvalue weighted by Crippen LogP contribution is 2.25. The fourth-order valence-corrected chi connectivity index (χ4v) is 3.68. The number of nitrogens with one attached hydrogen (secondary N) is 1. The minimum atomic E-state index is 0.164. The summed E-state index contributed by atoms with van der Waals surface area (Å²) in [5, 5.41) is 3.03. The summed E-state index contributed by atoms with van der Waals surface area (Å²) >= 11 is 2.00. The molecule has 0 atom stereocenters. The van der Waals surface area contributed by atoms with E-state index in [4.69, 9.17) is 0 Å². The average molecular weight is 263 g/mol. The van der Waals surface area contributed by atoms with E-state index in [0.717, 1.165) is 5.69 Å². The van der Waals surface area contributed by atoms with Crippen LogP contribution in [-0.4, -0.2) is 17.4 Å². The van der Waals surface area contributed by atoms with E-state index in [9.17, 15) is 4.79 Å². The number of amides is 1. The molecule has 3 heteroatoms. The second-order valence-corrected chi connectivity index (χ2v) is 6.41. The van der Waals surface area contributed by atoms with Gasteiger partial charge in [-0.25, -0.2) is 0 Å². The summed E-state index contributed by atoms with van der Waals surface area (Å²) in [5.74, 6) is 3.16. The van der Waals surface area contributed by atoms with E-state index in [2.05, 4.69) is 25.2 Å². The first-order chi connectivity index (χ1) is 8.63. The number of rotatable bonds is 3. The Morgan fingerprint density at radius 1 is 1.22 bits per heavy atom. The van der Waals surface area contributed by atoms with Crippen LogP contribution in [-0.2, 0) is 4.79 Å². The van der Waals surface area contributed by atoms with Crippen molar-refractivity contribution in [3.05, 3.63) is 29.3 Å². The summed E-state index contributed by atoms with van der Waals surface area (Å²) in [6, 6.07) is 6.18. The largest absolute Gasteiger partial charge is 0.326 e. The Balaban J connectivity index is 1.89. The van der Waals surface area contributed by atoms with Crippen molar-refractivity contribution >= 4 is 23.4 Å². The standard InChI is InChI=1S/C15H21NOS/c1-11-7-12(2)9-14(8-11)16-15(17)10-13-3-5-18-6-4-13/h7-9,13H,3-6,10H2,1-2H3,(H,16,17). The molecule has 18 heavy (non-hydrogen) atoms. The predicted molar refractivity (Wildman–Crippen MR) is 79.2 cm³/mol. The zero-order valence-electron chi connectivity index (χ0n) is 11.2. The van der Waals surface area contributed by atoms with Gasteiger partial charge in [0.1, 0.15) is 0 Å². The van der Waals surface area contributed by atoms with Crippen LogP contribution in [0.25, 0.3) is 0 Å². The summed E-state index contributed by atoms with van der Waals surface area (Å²) in [6.45, 7) is 4.11. The van der Waals surface area contributed by atoms with Crippen molar-refractivity contribution in [1.29, 1.82) is 0 Å². The molecule has 1 N–H and O–H groups in total. The van der Waals surface area contributed by atoms with Crippen molar-refractivity contribution < 1.29 is 4.79 Å². The van der Waals surface area contributed by atoms with E-state index < -0.39 is 0 Å². The van der Waals surface area contributed by atoms with Crippen molar-refractivity contribution in [3.8, 4) is 0 Å². The van der Waals surface area contributed by atoms with Crippen molar-refractivity contribution in [1.82, 2.24) is 0 Å². The lowest BCUT2D eigenvalue weighted by molar-refractivity contribution is -0.117. The van der Waals surface area contributed by atoms with Gasteiger partial charge in [0.25, 0.3) is 0 Å². The molecule has 1 aromatic rings. The number of thioether (sulfide) groups is 1. The topological polar surface area (TPSA) is 29.1 Å². The number of anilines is 1. The fraction of sp³-hybridized carbons (Fsp3) is 0.533. The first-order valence-corrected chi connectivity index (χ1v) is 7.75. The van der Waals surface area contributed by atoms with Crippen LogP contribution in [0.2, 0.25) is 0 Å². The van der Waals surface area contributed by atoms with Crippen molar-refractivity contribution in [2.45, 2.75) is 33.1 Å². The van der Waals surface area contributed by atoms with Crippen molar-refractivity contribution in [3.63, 3.8) is 0 Å². The van der Waals surface area contributed by atoms with E-state index in [-0.39, 0.29) is 5.91 Å². The molecule has 98 valence electrons. The Morgan fingerprint density at radius 2 is 1.83 bits per heavy atom. The average Bonchev–Trinajstić information content (AvgIpc) is 2.28. The van der Waals surface area contributed by atoms with Gasteiger partial charge in [0, 0.05) is 12.1 Å². The molecule has 0 spiro atoms. The summed E-state index contributed by atoms with van der Waals surface area (Å²) in [7, 11) is 0. The Bertz CT molecular complexity index is 404. The zero-order chi connectivity index (χ0) is 13.0. The number of carbonyl (C=O) groups is 1. The van der Waals surface area contributed by atoms with Gasteiger partial charge in [0.15, 0.2) is 0 Å². The monoisotopic (exact) mass is 263 g/mol. The molecule has 1 amide bonds. The lowest BCUT2D eigenvalue weighted by Crippen LogP contribution is -2.19. The number of hydrogen-bond acceptors (Lipinski definition) is 2. The molecule has 1 aliphatic rings. The van der Waals surface area contributed by atoms with Gasteiger partial charge >= 0.3 is 0 Å². The maximum Gasteiger partial charge on any atom is 0.224 e. The molecule has 1 heterocycles. The van der Waals surface area contributed by atoms with Gasteiger partial charge in [-0.05, 0) is 67.4 Å². The minimum Gasteiger partial charge on any atom is -0.326 e. The Hall–Kier alpha value is -0.960. The van der Waals surface area contributed by atoms with Gasteiger partial charge < -0.3 is 5.32 Å². The van der Waals surface area contributed by atoms with Crippen LogP contribution in [0, 0.1) is 19.8 Å². The molecule has 1 saturated heterocycles. The highest BCUT2D eigenvalue weighted by Gasteiger charge is 2.17. The third-order valence-corrected chi connectivity index (χ3v) is 4.37. The molecule has 0 unspecified atom stereocenters. The lowest BCUT2D eigenvalue weighted by Gasteiger charge is -2.20. The van der Waals surface area contributed by atoms with E-state index in [1.807, 2.05) is 23.9 Å². The van der Waals surface area contributed by atoms with Gasteiger partial charge in [-0.3, -0.25) is 4.79 Å². The number of hydrogen-bond donors (Lipinski definition) is 1. The van der Waals surface area contributed by atoms with Crippen LogP contribution in [0.1, 0.15) is 30.4 Å². The Morgan fingerprint density at radius 3 is 2.44 bits per heavy atom. The molecule has 0 radical (unpaired) electrons. The number of carbonyl (C=O) groups excluding carboxylic acids is 1. The molecular weight excluding hydrogens is 242 g/mol. The first-order valence-electron chi connectivity index (χ1n) is 6.59. The smallest absolute Gasteiger partial charge is 0.224 e. The van der Waals surface area contributed by atoms with Gasteiger partial charge in [0.2, 0.25) is 5.91 Å². The first kappa shape index (κ1) is 13.5. The Kier molecular flexibility index (Phi) is 4.70. The molecule has 1 aromatic carbocycles. The highest BCUT2D eigenvalue weighted by atomic mass is 32.2. The summed E-state index contributed by atoms with van der Waals surface area (Å²) in [5.41, 5.74) is 3.32. The van der Waals surface area contributed by atoms with Crippen molar-refractivity contribution in [2.24, 2.45) is 5.92 Å². The van der Waals surface area contributed by atoms with E-state index in [0.29, 0.717) is 12.3 Å². The number of aryl methyl sites for hydroxylation is 2. The molecular formula is C15H21NOS. The quantitative estimate of drug-likeness (QED) is 0.899. The van der Waals surface area contributed by atoms with Crippen LogP contribution in [0.5, 0.6) is 0 Å². The Labute approximate surface area is 114 Å². The molecule has 0 saturated carbocycles. The maximum atomic E-state index is 12.0. The third-order valence-electron chi connectivity index (χ3n) is 3.32. The van der Waals surface area contributed by atoms with E-state index in [1.54, 1.807) is 0 Å². The van der Waals surface area contributed by atoms with Crippen LogP contribution < -0.4 is 5.32 Å². The van der Waals surface area contributed by atoms with Crippen LogP contribution in [0.15, 0.2) is 18.2 Å². The van der Waals surface area contributed by atoms with Crippen LogP contribution >= 0.6 is 11.8 Å². The summed E-state index contributed by atoms with van der Waals surface area (Å²) < 4.78 is 0. The van der Waals surface area contributed by atoms with Gasteiger partial charge in [-0.2, -0.15) is 11.8 Å². The fourth-order valence-electron chi connectivity index (χ4n) is 2.47. The molecule has 0 bridgehead atoms. The predicted octanol–water partition coefficient (Wildman–Crippen LogP) is 3.78. The second kappa shape index (κ2) is 6.28. The lowest BCUT2D eigenvalue weighted by atomic mass is 9.98. The van der Waals surface area contributed by atoms with Gasteiger partial charge in [-0.15, -0.1) is 0 Å². The van der Waals surface area contributed by atoms with Gasteiger partial charge in [-0.1, -0.05) is 6.07 Å². The molecule has 2 nitrogen and oxygen atoms in total. The molecule has 2 rings (SSSR count). The minimum absolute atomic E-state index is 0.164. The van der Waals surface area contributed by atoms with E-state index in [1.165, 1.54) is 35.5 Å². The summed E-state index contributed by atoms with van der Waals surface area (Å²) in [4.78, 5) is 12.0. The molecule has 1 aliphatic heterocycles. The summed E-state index contributed by atoms with van der Waals surface area (Å²) in [6.07, 6.45) is 3.05. The SMILES string of the molecule is Cc1cc(C)cc(NC(=O)CC2CCSCC2)c1. The second-order valence-electron chi connectivity index (χ2n) is 5.18. The van der Waals surface area contributed by atoms with Gasteiger partial charge in [0.05, 0.1) is 0 Å². The molecule has 0 aromatic heterocycles. The molecule has 1 fully saturated rings. The highest BCUT2D eigenvalue weighted by molar-refractivity contribution is 7.99. The maximum absolute atomic E-state index is 12.0. The van der Waals surface area contributed by atoms with Crippen LogP contribution in [0.3, 0.4) is 0 Å². The molecule has 0 aliphatic carbocycles. The number of benzene rings is 1. The third kappa shape index (κ3) is 4.05. The normalized spacial score (nSPS) is 16.6. The van der Waals surface area contributed by atoms with E-state index >= 15 is 0 Å². The zero-order valence-corrected chi connectivity index (χ0v) is 12.0. The van der Waals surface area contributed by atoms with Crippen LogP contribution in [0.4, 0.5) is 5.69 Å².